The molecule has 9 heteroatoms. The lowest BCUT2D eigenvalue weighted by Gasteiger charge is -2.14. The molecule has 0 spiro atoms. The predicted octanol–water partition coefficient (Wildman–Crippen LogP) is 4.35. The van der Waals surface area contributed by atoms with Gasteiger partial charge in [-0.1, -0.05) is 47.5 Å². The van der Waals surface area contributed by atoms with Crippen LogP contribution in [0.1, 0.15) is 5.56 Å². The monoisotopic (exact) mass is 469 g/mol. The van der Waals surface area contributed by atoms with Gasteiger partial charge in [0.15, 0.2) is 17.9 Å². The van der Waals surface area contributed by atoms with E-state index in [0.717, 1.165) is 0 Å². The van der Waals surface area contributed by atoms with E-state index in [4.69, 9.17) is 27.9 Å². The van der Waals surface area contributed by atoms with Gasteiger partial charge in [-0.2, -0.15) is 0 Å². The van der Waals surface area contributed by atoms with Crippen LogP contribution in [0.3, 0.4) is 0 Å². The Morgan fingerprint density at radius 3 is 2.25 bits per heavy atom. The summed E-state index contributed by atoms with van der Waals surface area (Å²) in [5, 5.41) is 4.08. The van der Waals surface area contributed by atoms with E-state index >= 15 is 0 Å². The third-order valence-electron chi connectivity index (χ3n) is 4.99. The van der Waals surface area contributed by atoms with Crippen molar-refractivity contribution in [2.24, 2.45) is 0 Å². The molecule has 0 saturated heterocycles. The summed E-state index contributed by atoms with van der Waals surface area (Å²) in [6.07, 6.45) is 1.37. The molecule has 0 atom stereocenters. The van der Waals surface area contributed by atoms with Gasteiger partial charge in [0, 0.05) is 17.0 Å². The number of aromatic nitrogens is 2. The van der Waals surface area contributed by atoms with Crippen molar-refractivity contribution >= 4 is 62.7 Å². The molecule has 162 valence electrons. The number of pyridine rings is 2. The maximum Gasteiger partial charge on any atom is 0.326 e. The molecule has 4 rings (SSSR count). The van der Waals surface area contributed by atoms with Gasteiger partial charge in [0.05, 0.1) is 21.1 Å². The molecule has 1 N–H and O–H groups in total. The van der Waals surface area contributed by atoms with Crippen molar-refractivity contribution in [2.45, 2.75) is 13.5 Å². The Labute approximate surface area is 192 Å². The van der Waals surface area contributed by atoms with E-state index < -0.39 is 18.5 Å². The van der Waals surface area contributed by atoms with Crippen LogP contribution in [-0.4, -0.2) is 28.0 Å². The zero-order valence-corrected chi connectivity index (χ0v) is 18.4. The molecule has 0 radical (unpaired) electrons. The topological polar surface area (TPSA) is 90.3 Å². The average molecular weight is 470 g/mol. The Morgan fingerprint density at radius 1 is 1.03 bits per heavy atom. The van der Waals surface area contributed by atoms with Crippen LogP contribution in [0.15, 0.2) is 59.5 Å². The van der Waals surface area contributed by atoms with Gasteiger partial charge in [0.1, 0.15) is 6.54 Å². The van der Waals surface area contributed by atoms with Crippen molar-refractivity contribution in [2.75, 3.05) is 11.9 Å². The van der Waals surface area contributed by atoms with Crippen LogP contribution in [0.25, 0.3) is 21.8 Å². The summed E-state index contributed by atoms with van der Waals surface area (Å²) < 4.78 is 6.86. The molecule has 2 aromatic carbocycles. The smallest absolute Gasteiger partial charge is 0.326 e. The number of ether oxygens (including phenoxy) is 1. The van der Waals surface area contributed by atoms with E-state index in [-0.39, 0.29) is 22.8 Å². The number of fused-ring (bicyclic) bond motifs is 2. The highest BCUT2D eigenvalue weighted by Gasteiger charge is 2.16. The number of hydrogen-bond donors (Lipinski definition) is 1. The van der Waals surface area contributed by atoms with Gasteiger partial charge in [0.25, 0.3) is 5.91 Å². The van der Waals surface area contributed by atoms with E-state index in [2.05, 4.69) is 10.3 Å². The van der Waals surface area contributed by atoms with Gasteiger partial charge in [-0.15, -0.1) is 0 Å². The summed E-state index contributed by atoms with van der Waals surface area (Å²) in [5.41, 5.74) is 1.67. The summed E-state index contributed by atoms with van der Waals surface area (Å²) in [6.45, 7) is 1.00. The molecule has 2 heterocycles. The number of carbonyl (C=O) groups is 2. The molecule has 7 nitrogen and oxygen atoms in total. The van der Waals surface area contributed by atoms with E-state index in [9.17, 15) is 14.4 Å². The van der Waals surface area contributed by atoms with Crippen LogP contribution >= 0.6 is 23.2 Å². The van der Waals surface area contributed by atoms with Gasteiger partial charge >= 0.3 is 5.97 Å². The van der Waals surface area contributed by atoms with Crippen molar-refractivity contribution in [3.05, 3.63) is 80.6 Å². The van der Waals surface area contributed by atoms with Crippen LogP contribution < -0.4 is 10.7 Å². The fourth-order valence-corrected chi connectivity index (χ4v) is 3.77. The average Bonchev–Trinajstić information content (AvgIpc) is 2.81. The lowest BCUT2D eigenvalue weighted by atomic mass is 10.1. The maximum atomic E-state index is 12.8. The van der Waals surface area contributed by atoms with Crippen molar-refractivity contribution in [3.8, 4) is 0 Å². The van der Waals surface area contributed by atoms with Crippen LogP contribution in [0.2, 0.25) is 10.0 Å². The van der Waals surface area contributed by atoms with Gasteiger partial charge in [-0.3, -0.25) is 14.4 Å². The molecular weight excluding hydrogens is 453 g/mol. The summed E-state index contributed by atoms with van der Waals surface area (Å²) in [4.78, 5) is 41.5. The van der Waals surface area contributed by atoms with Crippen LogP contribution in [0.5, 0.6) is 0 Å². The van der Waals surface area contributed by atoms with E-state index in [1.165, 1.54) is 6.20 Å². The number of benzene rings is 2. The number of para-hydroxylation sites is 2. The van der Waals surface area contributed by atoms with Gasteiger partial charge < -0.3 is 14.6 Å². The Balaban J connectivity index is 1.52. The summed E-state index contributed by atoms with van der Waals surface area (Å²) in [5.74, 6) is -1.10. The fourth-order valence-electron chi connectivity index (χ4n) is 3.38. The van der Waals surface area contributed by atoms with Crippen LogP contribution in [0, 0.1) is 6.92 Å². The Morgan fingerprint density at radius 2 is 1.62 bits per heavy atom. The third-order valence-corrected chi connectivity index (χ3v) is 5.83. The van der Waals surface area contributed by atoms with Crippen molar-refractivity contribution in [1.82, 2.24) is 9.55 Å². The second-order valence-electron chi connectivity index (χ2n) is 7.05. The molecule has 32 heavy (non-hydrogen) atoms. The van der Waals surface area contributed by atoms with Gasteiger partial charge in [0.2, 0.25) is 0 Å². The number of anilines is 1. The van der Waals surface area contributed by atoms with Crippen molar-refractivity contribution in [1.29, 1.82) is 0 Å². The first-order valence-electron chi connectivity index (χ1n) is 9.63. The molecule has 0 aliphatic rings. The second kappa shape index (κ2) is 8.98. The highest BCUT2D eigenvalue weighted by atomic mass is 35.5. The van der Waals surface area contributed by atoms with E-state index in [1.54, 1.807) is 60.0 Å². The lowest BCUT2D eigenvalue weighted by Crippen LogP contribution is -2.24. The number of halogens is 2. The number of hydrogen-bond acceptors (Lipinski definition) is 5. The molecule has 0 aliphatic heterocycles. The van der Waals surface area contributed by atoms with E-state index in [0.29, 0.717) is 32.4 Å². The highest BCUT2D eigenvalue weighted by Crippen LogP contribution is 2.28. The lowest BCUT2D eigenvalue weighted by molar-refractivity contribution is -0.147. The first-order valence-corrected chi connectivity index (χ1v) is 10.4. The zero-order chi connectivity index (χ0) is 22.8. The Hall–Kier alpha value is -3.42. The van der Waals surface area contributed by atoms with Crippen molar-refractivity contribution < 1.29 is 14.3 Å². The SMILES string of the molecule is Cc1c(Cl)cnc(NC(=O)COC(=O)Cn2c3ccccc3c(=O)c3ccccc32)c1Cl. The first kappa shape index (κ1) is 21.8. The predicted molar refractivity (Wildman–Crippen MR) is 124 cm³/mol. The fraction of sp³-hybridized carbons (Fsp3) is 0.130. The molecule has 4 aromatic rings. The standard InChI is InChI=1S/C23H17Cl2N3O4/c1-13-16(24)10-26-23(21(13)25)27-19(29)12-32-20(30)11-28-17-8-4-2-6-14(17)22(31)15-7-3-5-9-18(15)28/h2-10H,11-12H2,1H3,(H,26,27,29). The first-order chi connectivity index (χ1) is 15.4. The largest absolute Gasteiger partial charge is 0.454 e. The number of esters is 1. The number of nitrogens with zero attached hydrogens (tertiary/aromatic N) is 2. The highest BCUT2D eigenvalue weighted by molar-refractivity contribution is 6.37. The number of nitrogens with one attached hydrogen (secondary N) is 1. The normalized spacial score (nSPS) is 11.0. The summed E-state index contributed by atoms with van der Waals surface area (Å²) in [7, 11) is 0. The summed E-state index contributed by atoms with van der Waals surface area (Å²) in [6, 6.07) is 14.1. The Kier molecular flexibility index (Phi) is 6.12. The molecule has 1 amide bonds. The minimum Gasteiger partial charge on any atom is -0.454 e. The summed E-state index contributed by atoms with van der Waals surface area (Å²) >= 11 is 12.1. The number of amides is 1. The number of rotatable bonds is 5. The molecule has 0 aliphatic carbocycles. The minimum atomic E-state index is -0.634. The quantitative estimate of drug-likeness (QED) is 0.346. The molecular formula is C23H17Cl2N3O4. The van der Waals surface area contributed by atoms with E-state index in [1.807, 2.05) is 0 Å². The zero-order valence-electron chi connectivity index (χ0n) is 16.9. The number of carbonyl (C=O) groups excluding carboxylic acids is 2. The second-order valence-corrected chi connectivity index (χ2v) is 7.84. The minimum absolute atomic E-state index is 0.108. The molecule has 0 unspecified atom stereocenters. The third kappa shape index (κ3) is 4.17. The Bertz CT molecular complexity index is 1370. The van der Waals surface area contributed by atoms with Crippen LogP contribution in [-0.2, 0) is 20.9 Å². The molecule has 0 fully saturated rings. The molecule has 0 saturated carbocycles. The van der Waals surface area contributed by atoms with Gasteiger partial charge in [-0.25, -0.2) is 4.98 Å². The molecule has 0 bridgehead atoms. The van der Waals surface area contributed by atoms with Crippen LogP contribution in [0.4, 0.5) is 5.82 Å². The molecule has 2 aromatic heterocycles. The maximum absolute atomic E-state index is 12.8. The van der Waals surface area contributed by atoms with Crippen molar-refractivity contribution in [3.63, 3.8) is 0 Å². The van der Waals surface area contributed by atoms with Gasteiger partial charge in [-0.05, 0) is 36.8 Å².